The number of pyridine rings is 1. The average Bonchev–Trinajstić information content (AvgIpc) is 2.40. The Morgan fingerprint density at radius 1 is 1.33 bits per heavy atom. The second kappa shape index (κ2) is 5.76. The van der Waals surface area contributed by atoms with Crippen LogP contribution in [0.25, 0.3) is 0 Å². The van der Waals surface area contributed by atoms with Crippen molar-refractivity contribution in [3.63, 3.8) is 0 Å². The van der Waals surface area contributed by atoms with Gasteiger partial charge in [-0.2, -0.15) is 0 Å². The van der Waals surface area contributed by atoms with Crippen molar-refractivity contribution < 1.29 is 23.8 Å². The van der Waals surface area contributed by atoms with Crippen LogP contribution in [0.1, 0.15) is 20.7 Å². The lowest BCUT2D eigenvalue weighted by molar-refractivity contribution is 0.0696. The van der Waals surface area contributed by atoms with Crippen LogP contribution >= 0.6 is 11.6 Å². The topological polar surface area (TPSA) is 103 Å². The number of rotatable bonds is 4. The number of nitrogens with two attached hydrogens (primary N) is 1. The monoisotopic (exact) mass is 310 g/mol. The summed E-state index contributed by atoms with van der Waals surface area (Å²) in [5, 5.41) is 8.73. The number of primary amides is 1. The van der Waals surface area contributed by atoms with E-state index in [1.165, 1.54) is 6.07 Å². The fourth-order valence-electron chi connectivity index (χ4n) is 1.49. The van der Waals surface area contributed by atoms with E-state index in [0.29, 0.717) is 0 Å². The average molecular weight is 311 g/mol. The second-order valence-corrected chi connectivity index (χ2v) is 4.33. The maximum Gasteiger partial charge on any atom is 0.337 e. The molecule has 2 rings (SSSR count). The number of ether oxygens (including phenoxy) is 1. The Hall–Kier alpha value is -2.67. The molecule has 1 aromatic heterocycles. The summed E-state index contributed by atoms with van der Waals surface area (Å²) in [5.74, 6) is -2.99. The summed E-state index contributed by atoms with van der Waals surface area (Å²) in [6, 6.07) is 4.57. The highest BCUT2D eigenvalue weighted by Gasteiger charge is 2.13. The Morgan fingerprint density at radius 2 is 2.05 bits per heavy atom. The molecule has 0 spiro atoms. The summed E-state index contributed by atoms with van der Waals surface area (Å²) >= 11 is 5.83. The summed E-state index contributed by atoms with van der Waals surface area (Å²) in [6.45, 7) is 0. The van der Waals surface area contributed by atoms with E-state index in [1.807, 2.05) is 0 Å². The van der Waals surface area contributed by atoms with E-state index in [4.69, 9.17) is 27.2 Å². The summed E-state index contributed by atoms with van der Waals surface area (Å²) in [4.78, 5) is 25.4. The smallest absolute Gasteiger partial charge is 0.337 e. The maximum atomic E-state index is 13.6. The standard InChI is InChI=1S/C13H8ClFN2O4/c14-9-3-6(13(19)20)5-17-12(9)21-7-1-2-8(11(16)18)10(15)4-7/h1-5H,(H2,16,18)(H,19,20). The summed E-state index contributed by atoms with van der Waals surface area (Å²) in [5.41, 5.74) is 4.59. The summed E-state index contributed by atoms with van der Waals surface area (Å²) in [6.07, 6.45) is 1.05. The van der Waals surface area contributed by atoms with E-state index < -0.39 is 17.7 Å². The molecule has 6 nitrogen and oxygen atoms in total. The number of benzene rings is 1. The van der Waals surface area contributed by atoms with Crippen LogP contribution in [0.15, 0.2) is 30.5 Å². The van der Waals surface area contributed by atoms with Gasteiger partial charge in [0, 0.05) is 12.3 Å². The molecule has 0 saturated heterocycles. The lowest BCUT2D eigenvalue weighted by Crippen LogP contribution is -2.12. The van der Waals surface area contributed by atoms with Crippen LogP contribution in [-0.4, -0.2) is 22.0 Å². The molecule has 0 fully saturated rings. The maximum absolute atomic E-state index is 13.6. The molecule has 0 bridgehead atoms. The van der Waals surface area contributed by atoms with Gasteiger partial charge in [0.15, 0.2) is 0 Å². The summed E-state index contributed by atoms with van der Waals surface area (Å²) in [7, 11) is 0. The molecule has 0 radical (unpaired) electrons. The molecule has 21 heavy (non-hydrogen) atoms. The van der Waals surface area contributed by atoms with Gasteiger partial charge in [0.25, 0.3) is 5.91 Å². The molecule has 0 aliphatic heterocycles. The van der Waals surface area contributed by atoms with Crippen LogP contribution < -0.4 is 10.5 Å². The molecule has 2 aromatic rings. The van der Waals surface area contributed by atoms with Crippen molar-refractivity contribution >= 4 is 23.5 Å². The van der Waals surface area contributed by atoms with E-state index >= 15 is 0 Å². The number of aromatic carboxylic acids is 1. The van der Waals surface area contributed by atoms with Gasteiger partial charge in [-0.25, -0.2) is 14.2 Å². The van der Waals surface area contributed by atoms with Gasteiger partial charge < -0.3 is 15.6 Å². The van der Waals surface area contributed by atoms with Crippen LogP contribution in [0, 0.1) is 5.82 Å². The van der Waals surface area contributed by atoms with Gasteiger partial charge in [-0.15, -0.1) is 0 Å². The van der Waals surface area contributed by atoms with E-state index in [-0.39, 0.29) is 27.8 Å². The fraction of sp³-hybridized carbons (Fsp3) is 0. The molecular formula is C13H8ClFN2O4. The van der Waals surface area contributed by atoms with Gasteiger partial charge in [-0.05, 0) is 18.2 Å². The van der Waals surface area contributed by atoms with Gasteiger partial charge in [-0.3, -0.25) is 4.79 Å². The first-order valence-corrected chi connectivity index (χ1v) is 5.92. The molecule has 108 valence electrons. The van der Waals surface area contributed by atoms with Crippen molar-refractivity contribution in [2.24, 2.45) is 5.73 Å². The minimum atomic E-state index is -1.19. The molecule has 0 atom stereocenters. The zero-order valence-corrected chi connectivity index (χ0v) is 11.1. The van der Waals surface area contributed by atoms with Crippen molar-refractivity contribution in [2.75, 3.05) is 0 Å². The first-order valence-electron chi connectivity index (χ1n) is 5.54. The Kier molecular flexibility index (Phi) is 4.04. The van der Waals surface area contributed by atoms with Crippen LogP contribution in [0.5, 0.6) is 11.6 Å². The van der Waals surface area contributed by atoms with Crippen molar-refractivity contribution in [1.29, 1.82) is 0 Å². The quantitative estimate of drug-likeness (QED) is 0.903. The number of carbonyl (C=O) groups is 2. The lowest BCUT2D eigenvalue weighted by atomic mass is 10.2. The van der Waals surface area contributed by atoms with Gasteiger partial charge >= 0.3 is 5.97 Å². The third kappa shape index (κ3) is 3.26. The Morgan fingerprint density at radius 3 is 2.57 bits per heavy atom. The number of hydrogen-bond donors (Lipinski definition) is 2. The lowest BCUT2D eigenvalue weighted by Gasteiger charge is -2.08. The molecule has 1 heterocycles. The Labute approximate surface area is 122 Å². The Bertz CT molecular complexity index is 736. The first-order chi connectivity index (χ1) is 9.88. The number of carboxylic acid groups (broad SMARTS) is 1. The minimum Gasteiger partial charge on any atom is -0.478 e. The van der Waals surface area contributed by atoms with Crippen molar-refractivity contribution in [2.45, 2.75) is 0 Å². The number of nitrogens with zero attached hydrogens (tertiary/aromatic N) is 1. The highest BCUT2D eigenvalue weighted by Crippen LogP contribution is 2.28. The molecule has 0 saturated carbocycles. The van der Waals surface area contributed by atoms with E-state index in [9.17, 15) is 14.0 Å². The second-order valence-electron chi connectivity index (χ2n) is 3.92. The molecular weight excluding hydrogens is 303 g/mol. The molecule has 8 heteroatoms. The van der Waals surface area contributed by atoms with Gasteiger partial charge in [0.2, 0.25) is 5.88 Å². The number of hydrogen-bond acceptors (Lipinski definition) is 4. The van der Waals surface area contributed by atoms with E-state index in [0.717, 1.165) is 24.4 Å². The fourth-order valence-corrected chi connectivity index (χ4v) is 1.69. The molecule has 0 aliphatic carbocycles. The van der Waals surface area contributed by atoms with E-state index in [2.05, 4.69) is 4.98 Å². The summed E-state index contributed by atoms with van der Waals surface area (Å²) < 4.78 is 18.8. The number of amides is 1. The number of halogens is 2. The third-order valence-corrected chi connectivity index (χ3v) is 2.75. The van der Waals surface area contributed by atoms with Crippen LogP contribution in [0.3, 0.4) is 0 Å². The normalized spacial score (nSPS) is 10.2. The zero-order valence-electron chi connectivity index (χ0n) is 10.3. The van der Waals surface area contributed by atoms with Crippen molar-refractivity contribution in [1.82, 2.24) is 4.98 Å². The molecule has 0 unspecified atom stereocenters. The van der Waals surface area contributed by atoms with Gasteiger partial charge in [-0.1, -0.05) is 11.6 Å². The highest BCUT2D eigenvalue weighted by molar-refractivity contribution is 6.32. The van der Waals surface area contributed by atoms with Crippen LogP contribution in [0.4, 0.5) is 4.39 Å². The van der Waals surface area contributed by atoms with Crippen LogP contribution in [0.2, 0.25) is 5.02 Å². The van der Waals surface area contributed by atoms with Gasteiger partial charge in [0.05, 0.1) is 11.1 Å². The minimum absolute atomic E-state index is 0.0370. The van der Waals surface area contributed by atoms with Gasteiger partial charge in [0.1, 0.15) is 16.6 Å². The van der Waals surface area contributed by atoms with Crippen molar-refractivity contribution in [3.05, 3.63) is 52.4 Å². The zero-order chi connectivity index (χ0) is 15.6. The molecule has 1 amide bonds. The number of aromatic nitrogens is 1. The molecule has 1 aromatic carbocycles. The van der Waals surface area contributed by atoms with E-state index in [1.54, 1.807) is 0 Å². The third-order valence-electron chi connectivity index (χ3n) is 2.47. The Balaban J connectivity index is 2.28. The highest BCUT2D eigenvalue weighted by atomic mass is 35.5. The number of carboxylic acids is 1. The molecule has 3 N–H and O–H groups in total. The predicted molar refractivity (Wildman–Crippen MR) is 71.2 cm³/mol. The first kappa shape index (κ1) is 14.7. The SMILES string of the molecule is NC(=O)c1ccc(Oc2ncc(C(=O)O)cc2Cl)cc1F. The van der Waals surface area contributed by atoms with Crippen molar-refractivity contribution in [3.8, 4) is 11.6 Å². The predicted octanol–water partition coefficient (Wildman–Crippen LogP) is 2.46. The number of carbonyl (C=O) groups excluding carboxylic acids is 1. The van der Waals surface area contributed by atoms with Crippen LogP contribution in [-0.2, 0) is 0 Å². The molecule has 0 aliphatic rings. The largest absolute Gasteiger partial charge is 0.478 e.